The molecule has 0 aliphatic carbocycles. The van der Waals surface area contributed by atoms with Gasteiger partial charge in [0.25, 0.3) is 5.91 Å². The number of piperidine rings is 3. The highest BCUT2D eigenvalue weighted by atomic mass is 16.2. The van der Waals surface area contributed by atoms with E-state index in [1.54, 1.807) is 0 Å². The topological polar surface area (TPSA) is 69.3 Å². The van der Waals surface area contributed by atoms with Crippen LogP contribution in [0.2, 0.25) is 0 Å². The third kappa shape index (κ3) is 2.62. The molecule has 0 spiro atoms. The van der Waals surface area contributed by atoms with Crippen molar-refractivity contribution in [2.75, 3.05) is 19.6 Å². The van der Waals surface area contributed by atoms with Crippen LogP contribution in [0.4, 0.5) is 0 Å². The number of carbonyl (C=O) groups excluding carboxylic acids is 2. The molecule has 2 bridgehead atoms. The van der Waals surface area contributed by atoms with Crippen LogP contribution < -0.4 is 0 Å². The molecule has 3 saturated heterocycles. The van der Waals surface area contributed by atoms with Crippen molar-refractivity contribution in [2.24, 2.45) is 11.8 Å². The smallest absolute Gasteiger partial charge is 0.274 e. The summed E-state index contributed by atoms with van der Waals surface area (Å²) in [6.45, 7) is 6.49. The van der Waals surface area contributed by atoms with Gasteiger partial charge >= 0.3 is 0 Å². The Morgan fingerprint density at radius 3 is 2.92 bits per heavy atom. The van der Waals surface area contributed by atoms with Crippen molar-refractivity contribution in [3.8, 4) is 0 Å². The summed E-state index contributed by atoms with van der Waals surface area (Å²) in [7, 11) is 0. The van der Waals surface area contributed by atoms with Gasteiger partial charge < -0.3 is 9.80 Å². The summed E-state index contributed by atoms with van der Waals surface area (Å²) >= 11 is 0. The number of amides is 2. The maximum absolute atomic E-state index is 12.9. The van der Waals surface area contributed by atoms with Crippen molar-refractivity contribution in [2.45, 2.75) is 51.5 Å². The van der Waals surface area contributed by atoms with Gasteiger partial charge in [-0.05, 0) is 43.1 Å². The fraction of sp³-hybridized carbons (Fsp3) is 0.722. The first-order valence-corrected chi connectivity index (χ1v) is 9.17. The van der Waals surface area contributed by atoms with Crippen LogP contribution in [-0.4, -0.2) is 57.5 Å². The number of likely N-dealkylation sites (tertiary alicyclic amines) is 1. The average molecular weight is 330 g/mol. The highest BCUT2D eigenvalue weighted by Crippen LogP contribution is 2.38. The van der Waals surface area contributed by atoms with Gasteiger partial charge in [0, 0.05) is 37.8 Å². The minimum atomic E-state index is 0.0310. The molecule has 3 unspecified atom stereocenters. The van der Waals surface area contributed by atoms with Gasteiger partial charge in [0.05, 0.1) is 0 Å². The van der Waals surface area contributed by atoms with E-state index in [9.17, 15) is 9.59 Å². The second-order valence-corrected chi connectivity index (χ2v) is 7.94. The molecule has 130 valence electrons. The predicted molar refractivity (Wildman–Crippen MR) is 89.5 cm³/mol. The van der Waals surface area contributed by atoms with Crippen LogP contribution in [0, 0.1) is 11.8 Å². The molecule has 6 nitrogen and oxygen atoms in total. The maximum atomic E-state index is 12.9. The summed E-state index contributed by atoms with van der Waals surface area (Å²) in [6.07, 6.45) is 3.93. The van der Waals surface area contributed by atoms with E-state index in [2.05, 4.69) is 28.9 Å². The molecule has 3 aliphatic heterocycles. The summed E-state index contributed by atoms with van der Waals surface area (Å²) < 4.78 is 0. The second kappa shape index (κ2) is 5.90. The highest BCUT2D eigenvalue weighted by molar-refractivity contribution is 5.92. The van der Waals surface area contributed by atoms with Crippen LogP contribution in [-0.2, 0) is 4.79 Å². The fourth-order valence-corrected chi connectivity index (χ4v) is 4.68. The van der Waals surface area contributed by atoms with E-state index in [4.69, 9.17) is 0 Å². The molecule has 0 radical (unpaired) electrons. The van der Waals surface area contributed by atoms with Gasteiger partial charge in [-0.2, -0.15) is 5.10 Å². The van der Waals surface area contributed by atoms with Gasteiger partial charge in [-0.3, -0.25) is 14.7 Å². The quantitative estimate of drug-likeness (QED) is 0.902. The summed E-state index contributed by atoms with van der Waals surface area (Å²) in [6, 6.07) is 2.22. The lowest BCUT2D eigenvalue weighted by molar-refractivity contribution is -0.144. The number of carbonyl (C=O) groups is 2. The van der Waals surface area contributed by atoms with Crippen molar-refractivity contribution in [3.05, 3.63) is 17.5 Å². The molecule has 24 heavy (non-hydrogen) atoms. The van der Waals surface area contributed by atoms with Crippen molar-refractivity contribution in [1.29, 1.82) is 0 Å². The fourth-order valence-electron chi connectivity index (χ4n) is 4.68. The Morgan fingerprint density at radius 2 is 2.17 bits per heavy atom. The van der Waals surface area contributed by atoms with E-state index < -0.39 is 0 Å². The van der Waals surface area contributed by atoms with Crippen molar-refractivity contribution in [1.82, 2.24) is 20.0 Å². The lowest BCUT2D eigenvalue weighted by atomic mass is 9.76. The predicted octanol–water partition coefficient (Wildman–Crippen LogP) is 2.01. The molecule has 1 N–H and O–H groups in total. The highest BCUT2D eigenvalue weighted by Gasteiger charge is 2.45. The maximum Gasteiger partial charge on any atom is 0.274 e. The zero-order chi connectivity index (χ0) is 16.8. The number of H-pyrrole nitrogens is 1. The monoisotopic (exact) mass is 330 g/mol. The van der Waals surface area contributed by atoms with E-state index >= 15 is 0 Å². The third-order valence-electron chi connectivity index (χ3n) is 5.91. The lowest BCUT2D eigenvalue weighted by Crippen LogP contribution is -2.61. The zero-order valence-electron chi connectivity index (χ0n) is 14.5. The number of fused-ring (bicyclic) bond motifs is 4. The van der Waals surface area contributed by atoms with Crippen molar-refractivity contribution < 1.29 is 9.59 Å². The molecule has 3 aliphatic rings. The van der Waals surface area contributed by atoms with E-state index in [1.807, 2.05) is 11.0 Å². The van der Waals surface area contributed by atoms with Crippen LogP contribution in [0.1, 0.15) is 61.6 Å². The van der Waals surface area contributed by atoms with Crippen LogP contribution in [0.3, 0.4) is 0 Å². The number of rotatable bonds is 2. The van der Waals surface area contributed by atoms with Gasteiger partial charge in [0.2, 0.25) is 5.91 Å². The Balaban J connectivity index is 1.50. The number of nitrogens with zero attached hydrogens (tertiary/aromatic N) is 3. The third-order valence-corrected chi connectivity index (χ3v) is 5.91. The van der Waals surface area contributed by atoms with Crippen LogP contribution in [0.5, 0.6) is 0 Å². The summed E-state index contributed by atoms with van der Waals surface area (Å²) in [4.78, 5) is 29.1. The SMILES string of the molecule is CC(C)c1cc(C(=O)N2CC3CC(C2)C2CCCC(=O)N2C3)n[nH]1. The molecule has 1 aromatic heterocycles. The van der Waals surface area contributed by atoms with Crippen LogP contribution in [0.25, 0.3) is 0 Å². The molecule has 0 aromatic carbocycles. The van der Waals surface area contributed by atoms with Crippen molar-refractivity contribution >= 4 is 11.8 Å². The van der Waals surface area contributed by atoms with E-state index in [1.165, 1.54) is 0 Å². The molecule has 4 heterocycles. The minimum Gasteiger partial charge on any atom is -0.339 e. The zero-order valence-corrected chi connectivity index (χ0v) is 14.5. The van der Waals surface area contributed by atoms with Gasteiger partial charge in [0.1, 0.15) is 5.69 Å². The first kappa shape index (κ1) is 15.7. The molecular weight excluding hydrogens is 304 g/mol. The largest absolute Gasteiger partial charge is 0.339 e. The Morgan fingerprint density at radius 1 is 1.33 bits per heavy atom. The van der Waals surface area contributed by atoms with E-state index in [-0.39, 0.29) is 5.91 Å². The van der Waals surface area contributed by atoms with Gasteiger partial charge in [0.15, 0.2) is 0 Å². The molecule has 0 saturated carbocycles. The van der Waals surface area contributed by atoms with E-state index in [0.29, 0.717) is 41.8 Å². The standard InChI is InChI=1S/C18H26N4O2/c1-11(2)14-7-15(20-19-14)18(24)21-8-12-6-13(10-21)16-4-3-5-17(23)22(16)9-12/h7,11-13,16H,3-6,8-10H2,1-2H3,(H,19,20). The molecule has 1 aromatic rings. The molecule has 2 amide bonds. The summed E-state index contributed by atoms with van der Waals surface area (Å²) in [5, 5.41) is 7.20. The molecule has 3 atom stereocenters. The summed E-state index contributed by atoms with van der Waals surface area (Å²) in [5.74, 6) is 1.52. The lowest BCUT2D eigenvalue weighted by Gasteiger charge is -2.52. The first-order chi connectivity index (χ1) is 11.5. The van der Waals surface area contributed by atoms with Crippen molar-refractivity contribution in [3.63, 3.8) is 0 Å². The molecule has 6 heteroatoms. The Labute approximate surface area is 142 Å². The van der Waals surface area contributed by atoms with Crippen LogP contribution in [0.15, 0.2) is 6.07 Å². The van der Waals surface area contributed by atoms with E-state index in [0.717, 1.165) is 44.6 Å². The molecular formula is C18H26N4O2. The Kier molecular flexibility index (Phi) is 3.85. The second-order valence-electron chi connectivity index (χ2n) is 7.94. The number of hydrogen-bond acceptors (Lipinski definition) is 3. The van der Waals surface area contributed by atoms with Gasteiger partial charge in [-0.1, -0.05) is 13.8 Å². The number of aromatic amines is 1. The number of hydrogen-bond donors (Lipinski definition) is 1. The number of aromatic nitrogens is 2. The molecule has 3 fully saturated rings. The van der Waals surface area contributed by atoms with Gasteiger partial charge in [-0.15, -0.1) is 0 Å². The minimum absolute atomic E-state index is 0.0310. The van der Waals surface area contributed by atoms with Crippen LogP contribution >= 0.6 is 0 Å². The number of nitrogens with one attached hydrogen (secondary N) is 1. The summed E-state index contributed by atoms with van der Waals surface area (Å²) in [5.41, 5.74) is 1.52. The molecule has 4 rings (SSSR count). The average Bonchev–Trinajstić information content (AvgIpc) is 3.05. The normalized spacial score (nSPS) is 29.8. The Bertz CT molecular complexity index is 653. The first-order valence-electron chi connectivity index (χ1n) is 9.17. The Hall–Kier alpha value is -1.85. The van der Waals surface area contributed by atoms with Gasteiger partial charge in [-0.25, -0.2) is 0 Å².